The predicted molar refractivity (Wildman–Crippen MR) is 60.0 cm³/mol. The molecular weight excluding hydrogens is 212 g/mol. The molecule has 2 rings (SSSR count). The van der Waals surface area contributed by atoms with Gasteiger partial charge in [-0.05, 0) is 17.2 Å². The Kier molecular flexibility index (Phi) is 3.96. The van der Waals surface area contributed by atoms with Crippen LogP contribution in [0.5, 0.6) is 5.75 Å². The van der Waals surface area contributed by atoms with Crippen molar-refractivity contribution in [2.24, 2.45) is 5.73 Å². The van der Waals surface area contributed by atoms with Crippen LogP contribution in [0, 0.1) is 11.3 Å². The third-order valence-electron chi connectivity index (χ3n) is 2.45. The Morgan fingerprint density at radius 2 is 2.33 bits per heavy atom. The molecular formula is C11H13ClN2O. The minimum absolute atomic E-state index is 0. The van der Waals surface area contributed by atoms with Crippen LogP contribution in [0.2, 0.25) is 0 Å². The molecule has 3 nitrogen and oxygen atoms in total. The van der Waals surface area contributed by atoms with Gasteiger partial charge in [-0.2, -0.15) is 5.26 Å². The summed E-state index contributed by atoms with van der Waals surface area (Å²) >= 11 is 0. The van der Waals surface area contributed by atoms with Crippen molar-refractivity contribution in [3.63, 3.8) is 0 Å². The summed E-state index contributed by atoms with van der Waals surface area (Å²) in [5, 5.41) is 8.54. The smallest absolute Gasteiger partial charge is 0.122 e. The van der Waals surface area contributed by atoms with Gasteiger partial charge in [-0.15, -0.1) is 12.4 Å². The average molecular weight is 225 g/mol. The second-order valence-corrected chi connectivity index (χ2v) is 3.43. The molecule has 0 aliphatic carbocycles. The topological polar surface area (TPSA) is 59.0 Å². The molecule has 4 heteroatoms. The molecule has 0 amide bonds. The number of rotatable bonds is 2. The fraction of sp³-hybridized carbons (Fsp3) is 0.364. The fourth-order valence-electron chi connectivity index (χ4n) is 1.65. The second kappa shape index (κ2) is 5.01. The number of nitriles is 1. The van der Waals surface area contributed by atoms with Crippen LogP contribution in [-0.4, -0.2) is 6.61 Å². The molecule has 80 valence electrons. The van der Waals surface area contributed by atoms with E-state index in [2.05, 4.69) is 6.07 Å². The summed E-state index contributed by atoms with van der Waals surface area (Å²) in [7, 11) is 0. The molecule has 0 saturated carbocycles. The van der Waals surface area contributed by atoms with Gasteiger partial charge in [0.25, 0.3) is 0 Å². The van der Waals surface area contributed by atoms with Crippen molar-refractivity contribution in [2.75, 3.05) is 6.61 Å². The van der Waals surface area contributed by atoms with Crippen LogP contribution in [0.15, 0.2) is 18.2 Å². The molecule has 2 N–H and O–H groups in total. The first-order chi connectivity index (χ1) is 6.81. The first-order valence-electron chi connectivity index (χ1n) is 4.69. The van der Waals surface area contributed by atoms with Gasteiger partial charge in [-0.1, -0.05) is 12.1 Å². The van der Waals surface area contributed by atoms with Crippen molar-refractivity contribution in [3.8, 4) is 11.8 Å². The first kappa shape index (κ1) is 11.8. The Hall–Kier alpha value is -1.24. The Morgan fingerprint density at radius 1 is 1.53 bits per heavy atom. The Labute approximate surface area is 95.2 Å². The molecule has 0 aromatic heterocycles. The van der Waals surface area contributed by atoms with Crippen molar-refractivity contribution in [2.45, 2.75) is 18.9 Å². The standard InChI is InChI=1S/C11H12N2O.ClH/c12-5-3-10(13)8-1-2-11-9(7-8)4-6-14-11;/h1-2,7,10H,3-4,6,13H2;1H/t10-;/m0./s1. The van der Waals surface area contributed by atoms with Gasteiger partial charge < -0.3 is 10.5 Å². The highest BCUT2D eigenvalue weighted by atomic mass is 35.5. The van der Waals surface area contributed by atoms with E-state index in [1.54, 1.807) is 0 Å². The molecule has 15 heavy (non-hydrogen) atoms. The second-order valence-electron chi connectivity index (χ2n) is 3.43. The average Bonchev–Trinajstić information content (AvgIpc) is 2.64. The SMILES string of the molecule is Cl.N#CC[C@H](N)c1ccc2c(c1)CCO2. The van der Waals surface area contributed by atoms with Crippen molar-refractivity contribution in [1.82, 2.24) is 0 Å². The van der Waals surface area contributed by atoms with Crippen LogP contribution in [-0.2, 0) is 6.42 Å². The summed E-state index contributed by atoms with van der Waals surface area (Å²) in [4.78, 5) is 0. The maximum Gasteiger partial charge on any atom is 0.122 e. The van der Waals surface area contributed by atoms with Gasteiger partial charge in [-0.25, -0.2) is 0 Å². The highest BCUT2D eigenvalue weighted by Crippen LogP contribution is 2.28. The maximum absolute atomic E-state index is 8.54. The summed E-state index contributed by atoms with van der Waals surface area (Å²) in [6, 6.07) is 7.82. The molecule has 0 radical (unpaired) electrons. The number of hydrogen-bond donors (Lipinski definition) is 1. The van der Waals surface area contributed by atoms with Crippen molar-refractivity contribution < 1.29 is 4.74 Å². The zero-order chi connectivity index (χ0) is 9.97. The molecule has 1 aliphatic heterocycles. The maximum atomic E-state index is 8.54. The molecule has 0 saturated heterocycles. The highest BCUT2D eigenvalue weighted by molar-refractivity contribution is 5.85. The molecule has 1 heterocycles. The molecule has 0 unspecified atom stereocenters. The van der Waals surface area contributed by atoms with Gasteiger partial charge in [0.15, 0.2) is 0 Å². The molecule has 1 aliphatic rings. The monoisotopic (exact) mass is 224 g/mol. The lowest BCUT2D eigenvalue weighted by molar-refractivity contribution is 0.357. The van der Waals surface area contributed by atoms with Crippen LogP contribution >= 0.6 is 12.4 Å². The van der Waals surface area contributed by atoms with Gasteiger partial charge in [-0.3, -0.25) is 0 Å². The van der Waals surface area contributed by atoms with Gasteiger partial charge in [0.1, 0.15) is 5.75 Å². The molecule has 0 bridgehead atoms. The fourth-order valence-corrected chi connectivity index (χ4v) is 1.65. The summed E-state index contributed by atoms with van der Waals surface area (Å²) in [5.74, 6) is 0.956. The Balaban J connectivity index is 0.00000112. The zero-order valence-corrected chi connectivity index (χ0v) is 9.09. The van der Waals surface area contributed by atoms with Gasteiger partial charge in [0.05, 0.1) is 19.1 Å². The van der Waals surface area contributed by atoms with E-state index in [4.69, 9.17) is 15.7 Å². The van der Waals surface area contributed by atoms with Crippen LogP contribution in [0.25, 0.3) is 0 Å². The third-order valence-corrected chi connectivity index (χ3v) is 2.45. The van der Waals surface area contributed by atoms with E-state index in [1.807, 2.05) is 18.2 Å². The molecule has 1 aromatic carbocycles. The minimum Gasteiger partial charge on any atom is -0.493 e. The molecule has 1 atom stereocenters. The van der Waals surface area contributed by atoms with Gasteiger partial charge >= 0.3 is 0 Å². The lowest BCUT2D eigenvalue weighted by Gasteiger charge is -2.08. The number of fused-ring (bicyclic) bond motifs is 1. The highest BCUT2D eigenvalue weighted by Gasteiger charge is 2.14. The van der Waals surface area contributed by atoms with E-state index >= 15 is 0 Å². The normalized spacial score (nSPS) is 14.4. The van der Waals surface area contributed by atoms with Gasteiger partial charge in [0, 0.05) is 12.5 Å². The number of nitrogens with two attached hydrogens (primary N) is 1. The van der Waals surface area contributed by atoms with Crippen molar-refractivity contribution in [3.05, 3.63) is 29.3 Å². The Bertz CT molecular complexity index is 387. The molecule has 1 aromatic rings. The lowest BCUT2D eigenvalue weighted by atomic mass is 10.0. The van der Waals surface area contributed by atoms with E-state index < -0.39 is 0 Å². The predicted octanol–water partition coefficient (Wildman–Crippen LogP) is 1.96. The van der Waals surface area contributed by atoms with E-state index in [1.165, 1.54) is 5.56 Å². The van der Waals surface area contributed by atoms with Crippen molar-refractivity contribution in [1.29, 1.82) is 5.26 Å². The lowest BCUT2D eigenvalue weighted by Crippen LogP contribution is -2.09. The molecule has 0 spiro atoms. The van der Waals surface area contributed by atoms with Gasteiger partial charge in [0.2, 0.25) is 0 Å². The van der Waals surface area contributed by atoms with E-state index in [0.29, 0.717) is 6.42 Å². The summed E-state index contributed by atoms with van der Waals surface area (Å²) in [6.45, 7) is 0.756. The number of halogens is 1. The summed E-state index contributed by atoms with van der Waals surface area (Å²) < 4.78 is 5.39. The minimum atomic E-state index is -0.175. The number of benzene rings is 1. The summed E-state index contributed by atoms with van der Waals surface area (Å²) in [5.41, 5.74) is 8.06. The van der Waals surface area contributed by atoms with Crippen LogP contribution in [0.1, 0.15) is 23.6 Å². The quantitative estimate of drug-likeness (QED) is 0.836. The van der Waals surface area contributed by atoms with Crippen LogP contribution in [0.4, 0.5) is 0 Å². The number of ether oxygens (including phenoxy) is 1. The number of nitrogens with zero attached hydrogens (tertiary/aromatic N) is 1. The van der Waals surface area contributed by atoms with Crippen LogP contribution < -0.4 is 10.5 Å². The zero-order valence-electron chi connectivity index (χ0n) is 8.27. The van der Waals surface area contributed by atoms with Crippen molar-refractivity contribution >= 4 is 12.4 Å². The van der Waals surface area contributed by atoms with E-state index in [9.17, 15) is 0 Å². The Morgan fingerprint density at radius 3 is 3.07 bits per heavy atom. The summed E-state index contributed by atoms with van der Waals surface area (Å²) in [6.07, 6.45) is 1.31. The molecule has 0 fully saturated rings. The number of hydrogen-bond acceptors (Lipinski definition) is 3. The van der Waals surface area contributed by atoms with Crippen LogP contribution in [0.3, 0.4) is 0 Å². The van der Waals surface area contributed by atoms with E-state index in [-0.39, 0.29) is 18.4 Å². The first-order valence-corrected chi connectivity index (χ1v) is 4.69. The third kappa shape index (κ3) is 2.41. The van der Waals surface area contributed by atoms with E-state index in [0.717, 1.165) is 24.3 Å². The largest absolute Gasteiger partial charge is 0.493 e.